The first-order valence-corrected chi connectivity index (χ1v) is 11.9. The number of furan rings is 1. The number of nitrogens with zero attached hydrogens (tertiary/aromatic N) is 5. The van der Waals surface area contributed by atoms with Crippen molar-refractivity contribution in [1.29, 1.82) is 0 Å². The molecule has 172 valence electrons. The van der Waals surface area contributed by atoms with Gasteiger partial charge in [-0.15, -0.1) is 11.3 Å². The van der Waals surface area contributed by atoms with E-state index >= 15 is 0 Å². The minimum atomic E-state index is -0.199. The number of hydrogen-bond acceptors (Lipinski definition) is 7. The normalized spacial score (nSPS) is 11.4. The van der Waals surface area contributed by atoms with Crippen LogP contribution in [0.4, 0.5) is 0 Å². The highest BCUT2D eigenvalue weighted by Gasteiger charge is 2.20. The molecule has 8 nitrogen and oxygen atoms in total. The van der Waals surface area contributed by atoms with E-state index in [-0.39, 0.29) is 11.9 Å². The zero-order chi connectivity index (χ0) is 23.8. The van der Waals surface area contributed by atoms with E-state index in [1.165, 1.54) is 11.3 Å². The van der Waals surface area contributed by atoms with Crippen molar-refractivity contribution in [2.45, 2.75) is 40.3 Å². The summed E-state index contributed by atoms with van der Waals surface area (Å²) < 4.78 is 7.54. The van der Waals surface area contributed by atoms with Crippen molar-refractivity contribution in [3.8, 4) is 22.5 Å². The monoisotopic (exact) mass is 472 g/mol. The average Bonchev–Trinajstić information content (AvgIpc) is 3.55. The van der Waals surface area contributed by atoms with Crippen LogP contribution < -0.4 is 5.32 Å². The Morgan fingerprint density at radius 1 is 1.15 bits per heavy atom. The molecule has 5 aromatic rings. The van der Waals surface area contributed by atoms with Crippen LogP contribution in [0.15, 0.2) is 52.7 Å². The van der Waals surface area contributed by atoms with E-state index < -0.39 is 0 Å². The van der Waals surface area contributed by atoms with Crippen LogP contribution in [0.25, 0.3) is 33.5 Å². The van der Waals surface area contributed by atoms with Crippen molar-refractivity contribution in [3.05, 3.63) is 70.3 Å². The summed E-state index contributed by atoms with van der Waals surface area (Å²) in [5.74, 6) is 1.36. The van der Waals surface area contributed by atoms with E-state index in [4.69, 9.17) is 9.40 Å². The Labute approximate surface area is 200 Å². The quantitative estimate of drug-likeness (QED) is 0.358. The molecule has 0 aromatic carbocycles. The van der Waals surface area contributed by atoms with Gasteiger partial charge >= 0.3 is 0 Å². The molecule has 0 saturated carbocycles. The maximum Gasteiger partial charge on any atom is 0.252 e. The number of carbonyl (C=O) groups is 1. The summed E-state index contributed by atoms with van der Waals surface area (Å²) in [5, 5.41) is 11.0. The molecule has 0 aliphatic rings. The minimum Gasteiger partial charge on any atom is -0.466 e. The van der Waals surface area contributed by atoms with E-state index in [9.17, 15) is 4.79 Å². The summed E-state index contributed by atoms with van der Waals surface area (Å²) in [6, 6.07) is 7.69. The van der Waals surface area contributed by atoms with Crippen molar-refractivity contribution in [3.63, 3.8) is 0 Å². The van der Waals surface area contributed by atoms with Crippen LogP contribution in [-0.4, -0.2) is 30.6 Å². The van der Waals surface area contributed by atoms with Crippen molar-refractivity contribution in [2.75, 3.05) is 0 Å². The van der Waals surface area contributed by atoms with Crippen molar-refractivity contribution < 1.29 is 9.21 Å². The number of fused-ring (bicyclic) bond motifs is 1. The molecule has 0 unspecified atom stereocenters. The van der Waals surface area contributed by atoms with E-state index in [1.54, 1.807) is 18.6 Å². The molecule has 0 spiro atoms. The van der Waals surface area contributed by atoms with E-state index in [2.05, 4.69) is 20.4 Å². The molecular weight excluding hydrogens is 448 g/mol. The number of aromatic nitrogens is 5. The fraction of sp³-hybridized carbons (Fsp3) is 0.240. The van der Waals surface area contributed by atoms with Crippen LogP contribution in [0.3, 0.4) is 0 Å². The second-order valence-corrected chi connectivity index (χ2v) is 9.29. The SMILES string of the molecule is Cc1cc(-c2cc(C(=O)NCc3nc(-c4ccncc4)cs3)c3cnn(C(C)C)c3n2)c(C)o1. The zero-order valence-electron chi connectivity index (χ0n) is 19.4. The maximum absolute atomic E-state index is 13.3. The Bertz CT molecular complexity index is 1480. The number of nitrogens with one attached hydrogen (secondary N) is 1. The number of aryl methyl sites for hydroxylation is 2. The summed E-state index contributed by atoms with van der Waals surface area (Å²) in [5.41, 5.74) is 4.61. The smallest absolute Gasteiger partial charge is 0.252 e. The molecule has 34 heavy (non-hydrogen) atoms. The van der Waals surface area contributed by atoms with Gasteiger partial charge in [-0.2, -0.15) is 5.10 Å². The van der Waals surface area contributed by atoms with Crippen LogP contribution in [0.1, 0.15) is 46.8 Å². The zero-order valence-corrected chi connectivity index (χ0v) is 20.2. The van der Waals surface area contributed by atoms with Gasteiger partial charge in [-0.1, -0.05) is 0 Å². The van der Waals surface area contributed by atoms with E-state index in [0.29, 0.717) is 28.8 Å². The van der Waals surface area contributed by atoms with Gasteiger partial charge in [0, 0.05) is 34.9 Å². The molecule has 0 atom stereocenters. The number of pyridine rings is 2. The Morgan fingerprint density at radius 2 is 1.94 bits per heavy atom. The van der Waals surface area contributed by atoms with Gasteiger partial charge < -0.3 is 9.73 Å². The number of hydrogen-bond donors (Lipinski definition) is 1. The molecule has 5 rings (SSSR count). The summed E-state index contributed by atoms with van der Waals surface area (Å²) in [4.78, 5) is 26.9. The molecule has 0 radical (unpaired) electrons. The lowest BCUT2D eigenvalue weighted by Crippen LogP contribution is -2.23. The number of carbonyl (C=O) groups excluding carboxylic acids is 1. The molecule has 5 heterocycles. The van der Waals surface area contributed by atoms with Gasteiger partial charge in [0.15, 0.2) is 5.65 Å². The number of rotatable bonds is 6. The van der Waals surface area contributed by atoms with E-state index in [1.807, 2.05) is 62.0 Å². The summed E-state index contributed by atoms with van der Waals surface area (Å²) >= 11 is 1.51. The fourth-order valence-corrected chi connectivity index (χ4v) is 4.65. The molecule has 0 aliphatic carbocycles. The Hall–Kier alpha value is -3.85. The van der Waals surface area contributed by atoms with Gasteiger partial charge in [0.1, 0.15) is 16.5 Å². The molecule has 1 amide bonds. The van der Waals surface area contributed by atoms with Crippen LogP contribution in [0.2, 0.25) is 0 Å². The molecular formula is C25H24N6O2S. The predicted octanol–water partition coefficient (Wildman–Crippen LogP) is 5.34. The molecule has 1 N–H and O–H groups in total. The molecule has 9 heteroatoms. The lowest BCUT2D eigenvalue weighted by Gasteiger charge is -2.10. The minimum absolute atomic E-state index is 0.102. The van der Waals surface area contributed by atoms with Crippen LogP contribution >= 0.6 is 11.3 Å². The van der Waals surface area contributed by atoms with Crippen LogP contribution in [-0.2, 0) is 6.54 Å². The van der Waals surface area contributed by atoms with E-state index in [0.717, 1.165) is 33.3 Å². The van der Waals surface area contributed by atoms with Crippen LogP contribution in [0, 0.1) is 13.8 Å². The number of thiazole rings is 1. The fourth-order valence-electron chi connectivity index (χ4n) is 3.91. The van der Waals surface area contributed by atoms with Gasteiger partial charge in [-0.25, -0.2) is 14.6 Å². The first-order valence-electron chi connectivity index (χ1n) is 11.0. The van der Waals surface area contributed by atoms with Gasteiger partial charge in [0.2, 0.25) is 0 Å². The third-order valence-electron chi connectivity index (χ3n) is 5.55. The van der Waals surface area contributed by atoms with Crippen LogP contribution in [0.5, 0.6) is 0 Å². The highest BCUT2D eigenvalue weighted by Crippen LogP contribution is 2.30. The second kappa shape index (κ2) is 8.83. The predicted molar refractivity (Wildman–Crippen MR) is 132 cm³/mol. The topological polar surface area (TPSA) is 98.7 Å². The summed E-state index contributed by atoms with van der Waals surface area (Å²) in [6.07, 6.45) is 5.19. The Kier molecular flexibility index (Phi) is 5.70. The Balaban J connectivity index is 1.47. The van der Waals surface area contributed by atoms with Gasteiger partial charge in [0.05, 0.1) is 35.1 Å². The highest BCUT2D eigenvalue weighted by atomic mass is 32.1. The van der Waals surface area contributed by atoms with Gasteiger partial charge in [0.25, 0.3) is 5.91 Å². The average molecular weight is 473 g/mol. The first-order chi connectivity index (χ1) is 16.4. The highest BCUT2D eigenvalue weighted by molar-refractivity contribution is 7.09. The summed E-state index contributed by atoms with van der Waals surface area (Å²) in [7, 11) is 0. The third kappa shape index (κ3) is 4.10. The lowest BCUT2D eigenvalue weighted by molar-refractivity contribution is 0.0952. The summed E-state index contributed by atoms with van der Waals surface area (Å²) in [6.45, 7) is 8.20. The van der Waals surface area contributed by atoms with Gasteiger partial charge in [-0.3, -0.25) is 9.78 Å². The first kappa shape index (κ1) is 22.0. The van der Waals surface area contributed by atoms with Crippen molar-refractivity contribution >= 4 is 28.3 Å². The Morgan fingerprint density at radius 3 is 2.65 bits per heavy atom. The van der Waals surface area contributed by atoms with Gasteiger partial charge in [-0.05, 0) is 52.0 Å². The molecule has 0 aliphatic heterocycles. The third-order valence-corrected chi connectivity index (χ3v) is 6.39. The standard InChI is InChI=1S/C25H24N6O2S/c1-14(2)31-24-20(11-28-31)19(10-21(30-24)18-9-15(3)33-16(18)4)25(32)27-12-23-29-22(13-34-23)17-5-7-26-8-6-17/h5-11,13-14H,12H2,1-4H3,(H,27,32). The molecule has 0 bridgehead atoms. The lowest BCUT2D eigenvalue weighted by atomic mass is 10.1. The molecule has 0 fully saturated rings. The number of amides is 1. The second-order valence-electron chi connectivity index (χ2n) is 8.35. The largest absolute Gasteiger partial charge is 0.466 e. The molecule has 5 aromatic heterocycles. The van der Waals surface area contributed by atoms with Crippen molar-refractivity contribution in [1.82, 2.24) is 30.0 Å². The molecule has 0 saturated heterocycles. The van der Waals surface area contributed by atoms with Crippen molar-refractivity contribution in [2.24, 2.45) is 0 Å². The maximum atomic E-state index is 13.3.